The van der Waals surface area contributed by atoms with Crippen LogP contribution in [-0.4, -0.2) is 0 Å². The molecule has 70 valence electrons. The summed E-state index contributed by atoms with van der Waals surface area (Å²) in [6.07, 6.45) is 0. The Labute approximate surface area is 79.6 Å². The van der Waals surface area contributed by atoms with Gasteiger partial charge in [0.2, 0.25) is 0 Å². The van der Waals surface area contributed by atoms with Crippen LogP contribution in [0.4, 0.5) is 5.69 Å². The first-order valence-corrected chi connectivity index (χ1v) is 4.59. The van der Waals surface area contributed by atoms with Crippen LogP contribution in [-0.2, 0) is 0 Å². The van der Waals surface area contributed by atoms with Crippen LogP contribution in [0.25, 0.3) is 5.70 Å². The smallest absolute Gasteiger partial charge is 0.0633 e. The van der Waals surface area contributed by atoms with Crippen molar-refractivity contribution in [2.75, 3.05) is 5.43 Å². The Bertz CT molecular complexity index is 316. The number of anilines is 1. The maximum atomic E-state index is 3.86. The third-order valence-electron chi connectivity index (χ3n) is 1.85. The number of hydrogen-bond donors (Lipinski definition) is 2. The van der Waals surface area contributed by atoms with E-state index in [1.54, 1.807) is 0 Å². The van der Waals surface area contributed by atoms with Crippen LogP contribution in [0.3, 0.4) is 0 Å². The van der Waals surface area contributed by atoms with E-state index in [2.05, 4.69) is 42.6 Å². The van der Waals surface area contributed by atoms with Gasteiger partial charge in [0.25, 0.3) is 0 Å². The Morgan fingerprint density at radius 3 is 2.54 bits per heavy atom. The molecule has 2 nitrogen and oxygen atoms in total. The van der Waals surface area contributed by atoms with Gasteiger partial charge in [-0.2, -0.15) is 0 Å². The zero-order valence-electron chi connectivity index (χ0n) is 8.44. The molecule has 0 radical (unpaired) electrons. The summed E-state index contributed by atoms with van der Waals surface area (Å²) in [6.45, 7) is 9.94. The summed E-state index contributed by atoms with van der Waals surface area (Å²) in [6, 6.07) is 6.24. The van der Waals surface area contributed by atoms with Crippen LogP contribution in [0.1, 0.15) is 25.0 Å². The molecule has 2 N–H and O–H groups in total. The van der Waals surface area contributed by atoms with Crippen molar-refractivity contribution >= 4 is 11.4 Å². The molecule has 0 saturated carbocycles. The van der Waals surface area contributed by atoms with Crippen molar-refractivity contribution in [1.29, 1.82) is 0 Å². The fourth-order valence-electron chi connectivity index (χ4n) is 1.23. The minimum atomic E-state index is 0.948. The number of hydrogen-bond acceptors (Lipinski definition) is 2. The summed E-state index contributed by atoms with van der Waals surface area (Å²) in [5.74, 6) is 0. The van der Waals surface area contributed by atoms with Crippen molar-refractivity contribution in [3.8, 4) is 0 Å². The number of aryl methyl sites for hydroxylation is 1. The number of fused-ring (bicyclic) bond motifs is 1. The van der Waals surface area contributed by atoms with E-state index in [9.17, 15) is 0 Å². The lowest BCUT2D eigenvalue weighted by molar-refractivity contribution is 1.14. The third-order valence-corrected chi connectivity index (χ3v) is 1.85. The summed E-state index contributed by atoms with van der Waals surface area (Å²) in [4.78, 5) is 0. The summed E-state index contributed by atoms with van der Waals surface area (Å²) in [5, 5.41) is 0. The van der Waals surface area contributed by atoms with Crippen LogP contribution < -0.4 is 10.9 Å². The molecule has 0 fully saturated rings. The maximum absolute atomic E-state index is 3.86. The van der Waals surface area contributed by atoms with Crippen LogP contribution >= 0.6 is 0 Å². The van der Waals surface area contributed by atoms with Crippen molar-refractivity contribution in [1.82, 2.24) is 5.43 Å². The highest BCUT2D eigenvalue weighted by atomic mass is 15.4. The average molecular weight is 176 g/mol. The lowest BCUT2D eigenvalue weighted by atomic mass is 10.1. The zero-order chi connectivity index (χ0) is 9.84. The van der Waals surface area contributed by atoms with Gasteiger partial charge in [0, 0.05) is 5.56 Å². The van der Waals surface area contributed by atoms with E-state index in [1.807, 2.05) is 13.8 Å². The molecule has 1 heterocycles. The monoisotopic (exact) mass is 176 g/mol. The van der Waals surface area contributed by atoms with Gasteiger partial charge < -0.3 is 10.9 Å². The van der Waals surface area contributed by atoms with Crippen molar-refractivity contribution in [3.05, 3.63) is 35.9 Å². The highest BCUT2D eigenvalue weighted by molar-refractivity contribution is 5.79. The topological polar surface area (TPSA) is 24.1 Å². The normalized spacial score (nSPS) is 12.1. The molecular formula is C11H16N2. The van der Waals surface area contributed by atoms with Gasteiger partial charge >= 0.3 is 0 Å². The molecule has 1 aromatic rings. The standard InChI is InChI=1S/C9H10N2.C2H6/c1-6-3-4-9-8(5-6)7(2)10-11-9;1-2/h3-5,10-11H,2H2,1H3;1-2H3. The lowest BCUT2D eigenvalue weighted by Gasteiger charge is -1.97. The second-order valence-electron chi connectivity index (χ2n) is 2.78. The highest BCUT2D eigenvalue weighted by Gasteiger charge is 2.11. The maximum Gasteiger partial charge on any atom is 0.0633 e. The fraction of sp³-hybridized carbons (Fsp3) is 0.273. The Kier molecular flexibility index (Phi) is 2.96. The highest BCUT2D eigenvalue weighted by Crippen LogP contribution is 2.26. The summed E-state index contributed by atoms with van der Waals surface area (Å²) in [5.41, 5.74) is 10.5. The van der Waals surface area contributed by atoms with E-state index in [0.29, 0.717) is 0 Å². The van der Waals surface area contributed by atoms with Crippen molar-refractivity contribution in [2.24, 2.45) is 0 Å². The molecule has 13 heavy (non-hydrogen) atoms. The van der Waals surface area contributed by atoms with Gasteiger partial charge in [-0.05, 0) is 19.1 Å². The first-order chi connectivity index (χ1) is 6.27. The molecule has 2 rings (SSSR count). The number of hydrazine groups is 1. The molecule has 0 spiro atoms. The Hall–Kier alpha value is -1.44. The first kappa shape index (κ1) is 9.65. The number of nitrogens with one attached hydrogen (secondary N) is 2. The average Bonchev–Trinajstić information content (AvgIpc) is 2.52. The fourth-order valence-corrected chi connectivity index (χ4v) is 1.23. The first-order valence-electron chi connectivity index (χ1n) is 4.59. The zero-order valence-corrected chi connectivity index (χ0v) is 8.44. The largest absolute Gasteiger partial charge is 0.301 e. The molecule has 0 bridgehead atoms. The van der Waals surface area contributed by atoms with Gasteiger partial charge in [-0.3, -0.25) is 0 Å². The molecule has 1 aromatic carbocycles. The lowest BCUT2D eigenvalue weighted by Crippen LogP contribution is -2.09. The molecule has 0 aliphatic carbocycles. The van der Waals surface area contributed by atoms with Crippen molar-refractivity contribution in [2.45, 2.75) is 20.8 Å². The Balaban J connectivity index is 0.000000396. The van der Waals surface area contributed by atoms with Gasteiger partial charge in [-0.15, -0.1) is 0 Å². The van der Waals surface area contributed by atoms with E-state index in [4.69, 9.17) is 0 Å². The van der Waals surface area contributed by atoms with Gasteiger partial charge in [0.15, 0.2) is 0 Å². The number of benzene rings is 1. The van der Waals surface area contributed by atoms with Crippen LogP contribution in [0.5, 0.6) is 0 Å². The molecule has 0 saturated heterocycles. The van der Waals surface area contributed by atoms with Crippen LogP contribution in [0.2, 0.25) is 0 Å². The molecule has 1 aliphatic heterocycles. The van der Waals surface area contributed by atoms with Crippen molar-refractivity contribution < 1.29 is 0 Å². The molecule has 2 heteroatoms. The predicted molar refractivity (Wildman–Crippen MR) is 58.3 cm³/mol. The van der Waals surface area contributed by atoms with Gasteiger partial charge in [0.05, 0.1) is 11.4 Å². The summed E-state index contributed by atoms with van der Waals surface area (Å²) >= 11 is 0. The predicted octanol–water partition coefficient (Wildman–Crippen LogP) is 2.92. The minimum Gasteiger partial charge on any atom is -0.301 e. The van der Waals surface area contributed by atoms with Crippen molar-refractivity contribution in [3.63, 3.8) is 0 Å². The quantitative estimate of drug-likeness (QED) is 0.635. The summed E-state index contributed by atoms with van der Waals surface area (Å²) < 4.78 is 0. The second kappa shape index (κ2) is 3.99. The minimum absolute atomic E-state index is 0.948. The SMILES string of the molecule is C=C1NNc2ccc(C)cc21.CC. The van der Waals surface area contributed by atoms with E-state index in [1.165, 1.54) is 11.1 Å². The molecule has 0 unspecified atom stereocenters. The van der Waals surface area contributed by atoms with E-state index in [0.717, 1.165) is 11.4 Å². The van der Waals surface area contributed by atoms with Gasteiger partial charge in [-0.25, -0.2) is 0 Å². The van der Waals surface area contributed by atoms with Gasteiger partial charge in [-0.1, -0.05) is 32.1 Å². The summed E-state index contributed by atoms with van der Waals surface area (Å²) in [7, 11) is 0. The van der Waals surface area contributed by atoms with E-state index in [-0.39, 0.29) is 0 Å². The second-order valence-corrected chi connectivity index (χ2v) is 2.78. The molecule has 0 atom stereocenters. The van der Waals surface area contributed by atoms with E-state index < -0.39 is 0 Å². The third kappa shape index (κ3) is 1.83. The molecule has 0 aromatic heterocycles. The molecular weight excluding hydrogens is 160 g/mol. The molecule has 0 amide bonds. The number of rotatable bonds is 0. The van der Waals surface area contributed by atoms with Crippen LogP contribution in [0.15, 0.2) is 24.8 Å². The van der Waals surface area contributed by atoms with E-state index >= 15 is 0 Å². The Morgan fingerprint density at radius 2 is 1.85 bits per heavy atom. The van der Waals surface area contributed by atoms with Gasteiger partial charge in [0.1, 0.15) is 0 Å². The Morgan fingerprint density at radius 1 is 1.15 bits per heavy atom. The molecule has 1 aliphatic rings. The van der Waals surface area contributed by atoms with Crippen LogP contribution in [0, 0.1) is 6.92 Å².